The fourth-order valence-corrected chi connectivity index (χ4v) is 1.44. The molecule has 1 heterocycles. The molecule has 2 aromatic rings. The summed E-state index contributed by atoms with van der Waals surface area (Å²) >= 11 is 5.86. The highest BCUT2D eigenvalue weighted by atomic mass is 35.5. The molecule has 0 aliphatic heterocycles. The second kappa shape index (κ2) is 4.80. The fraction of sp³-hybridized carbons (Fsp3) is 0.0833. The van der Waals surface area contributed by atoms with E-state index in [0.29, 0.717) is 6.61 Å². The molecule has 0 N–H and O–H groups in total. The summed E-state index contributed by atoms with van der Waals surface area (Å²) in [6.07, 6.45) is 3.40. The third-order valence-corrected chi connectivity index (χ3v) is 2.18. The molecule has 0 aliphatic rings. The molecule has 0 aliphatic carbocycles. The van der Waals surface area contributed by atoms with E-state index in [1.807, 2.05) is 36.4 Å². The molecule has 0 spiro atoms. The van der Waals surface area contributed by atoms with Gasteiger partial charge in [-0.25, -0.2) is 0 Å². The van der Waals surface area contributed by atoms with Gasteiger partial charge >= 0.3 is 0 Å². The molecule has 0 atom stereocenters. The first-order valence-electron chi connectivity index (χ1n) is 4.62. The molecular weight excluding hydrogens is 210 g/mol. The normalized spacial score (nSPS) is 9.93. The minimum Gasteiger partial charge on any atom is -0.489 e. The van der Waals surface area contributed by atoms with E-state index in [1.165, 1.54) is 0 Å². The lowest BCUT2D eigenvalue weighted by Crippen LogP contribution is -1.94. The van der Waals surface area contributed by atoms with Gasteiger partial charge in [-0.05, 0) is 29.8 Å². The maximum Gasteiger partial charge on any atom is 0.122 e. The predicted octanol–water partition coefficient (Wildman–Crippen LogP) is 3.31. The van der Waals surface area contributed by atoms with Crippen LogP contribution in [-0.2, 0) is 6.61 Å². The lowest BCUT2D eigenvalue weighted by Gasteiger charge is -2.05. The van der Waals surface area contributed by atoms with Crippen LogP contribution in [0.15, 0.2) is 48.8 Å². The lowest BCUT2D eigenvalue weighted by atomic mass is 10.2. The summed E-state index contributed by atoms with van der Waals surface area (Å²) in [6.45, 7) is 0.518. The number of ether oxygens (including phenoxy) is 1. The van der Waals surface area contributed by atoms with Gasteiger partial charge in [0.15, 0.2) is 0 Å². The Kier molecular flexibility index (Phi) is 3.20. The molecule has 2 rings (SSSR count). The van der Waals surface area contributed by atoms with E-state index < -0.39 is 0 Å². The van der Waals surface area contributed by atoms with Crippen molar-refractivity contribution < 1.29 is 4.74 Å². The molecule has 0 amide bonds. The number of rotatable bonds is 3. The molecule has 15 heavy (non-hydrogen) atoms. The van der Waals surface area contributed by atoms with E-state index in [2.05, 4.69) is 4.98 Å². The van der Waals surface area contributed by atoms with Gasteiger partial charge in [-0.15, -0.1) is 0 Å². The molecule has 3 heteroatoms. The van der Waals surface area contributed by atoms with Crippen molar-refractivity contribution in [3.63, 3.8) is 0 Å². The zero-order valence-corrected chi connectivity index (χ0v) is 8.82. The zero-order valence-electron chi connectivity index (χ0n) is 8.06. The van der Waals surface area contributed by atoms with Crippen LogP contribution in [0.4, 0.5) is 0 Å². The van der Waals surface area contributed by atoms with Gasteiger partial charge in [0.2, 0.25) is 0 Å². The molecule has 0 saturated heterocycles. The maximum absolute atomic E-state index is 5.86. The van der Waals surface area contributed by atoms with Crippen LogP contribution >= 0.6 is 11.6 Å². The van der Waals surface area contributed by atoms with Crippen molar-refractivity contribution in [1.82, 2.24) is 4.98 Å². The van der Waals surface area contributed by atoms with Gasteiger partial charge in [-0.1, -0.05) is 23.7 Å². The fourth-order valence-electron chi connectivity index (χ4n) is 1.23. The Balaban J connectivity index is 1.99. The Morgan fingerprint density at radius 2 is 1.93 bits per heavy atom. The van der Waals surface area contributed by atoms with E-state index in [1.54, 1.807) is 12.4 Å². The standard InChI is InChI=1S/C12H10ClNO/c13-11-3-1-2-10(8-11)9-15-12-4-6-14-7-5-12/h1-8H,9H2. The number of hydrogen-bond donors (Lipinski definition) is 0. The van der Waals surface area contributed by atoms with Gasteiger partial charge in [0.1, 0.15) is 12.4 Å². The third-order valence-electron chi connectivity index (χ3n) is 1.94. The van der Waals surface area contributed by atoms with Crippen molar-refractivity contribution in [3.05, 3.63) is 59.4 Å². The summed E-state index contributed by atoms with van der Waals surface area (Å²) < 4.78 is 5.55. The van der Waals surface area contributed by atoms with Gasteiger partial charge in [-0.3, -0.25) is 4.98 Å². The van der Waals surface area contributed by atoms with Crippen LogP contribution in [0.25, 0.3) is 0 Å². The Morgan fingerprint density at radius 1 is 1.13 bits per heavy atom. The molecule has 0 bridgehead atoms. The highest BCUT2D eigenvalue weighted by Gasteiger charge is 1.95. The molecule has 1 aromatic heterocycles. The Labute approximate surface area is 93.5 Å². The van der Waals surface area contributed by atoms with E-state index in [-0.39, 0.29) is 0 Å². The number of halogens is 1. The predicted molar refractivity (Wildman–Crippen MR) is 60.0 cm³/mol. The maximum atomic E-state index is 5.86. The van der Waals surface area contributed by atoms with Crippen molar-refractivity contribution in [2.24, 2.45) is 0 Å². The van der Waals surface area contributed by atoms with Gasteiger partial charge in [-0.2, -0.15) is 0 Å². The number of benzene rings is 1. The largest absolute Gasteiger partial charge is 0.489 e. The van der Waals surface area contributed by atoms with Crippen LogP contribution < -0.4 is 4.74 Å². The Hall–Kier alpha value is -1.54. The van der Waals surface area contributed by atoms with E-state index >= 15 is 0 Å². The third kappa shape index (κ3) is 2.96. The Morgan fingerprint density at radius 3 is 2.67 bits per heavy atom. The summed E-state index contributed by atoms with van der Waals surface area (Å²) in [4.78, 5) is 3.91. The van der Waals surface area contributed by atoms with Gasteiger partial charge in [0.05, 0.1) is 0 Å². The van der Waals surface area contributed by atoms with Crippen molar-refractivity contribution in [2.75, 3.05) is 0 Å². The monoisotopic (exact) mass is 219 g/mol. The summed E-state index contributed by atoms with van der Waals surface area (Å²) in [7, 11) is 0. The second-order valence-corrected chi connectivity index (χ2v) is 3.54. The second-order valence-electron chi connectivity index (χ2n) is 3.10. The van der Waals surface area contributed by atoms with Crippen LogP contribution in [0.5, 0.6) is 5.75 Å². The Bertz CT molecular complexity index is 431. The number of aromatic nitrogens is 1. The van der Waals surface area contributed by atoms with Crippen LogP contribution in [-0.4, -0.2) is 4.98 Å². The minimum atomic E-state index is 0.518. The quantitative estimate of drug-likeness (QED) is 0.790. The molecule has 0 fully saturated rings. The summed E-state index contributed by atoms with van der Waals surface area (Å²) in [5, 5.41) is 0.728. The molecular formula is C12H10ClNO. The average Bonchev–Trinajstić information content (AvgIpc) is 2.28. The van der Waals surface area contributed by atoms with Crippen molar-refractivity contribution in [1.29, 1.82) is 0 Å². The van der Waals surface area contributed by atoms with E-state index in [4.69, 9.17) is 16.3 Å². The first-order valence-corrected chi connectivity index (χ1v) is 5.00. The van der Waals surface area contributed by atoms with Gasteiger partial charge in [0, 0.05) is 17.4 Å². The molecule has 76 valence electrons. The van der Waals surface area contributed by atoms with Crippen molar-refractivity contribution in [3.8, 4) is 5.75 Å². The number of pyridine rings is 1. The van der Waals surface area contributed by atoms with Gasteiger partial charge in [0.25, 0.3) is 0 Å². The first kappa shape index (κ1) is 9.99. The molecule has 2 nitrogen and oxygen atoms in total. The van der Waals surface area contributed by atoms with Crippen LogP contribution in [0.1, 0.15) is 5.56 Å². The topological polar surface area (TPSA) is 22.1 Å². The SMILES string of the molecule is Clc1cccc(COc2ccncc2)c1. The zero-order chi connectivity index (χ0) is 10.5. The molecule has 0 radical (unpaired) electrons. The lowest BCUT2D eigenvalue weighted by molar-refractivity contribution is 0.306. The van der Waals surface area contributed by atoms with Crippen LogP contribution in [0.3, 0.4) is 0 Å². The molecule has 0 saturated carbocycles. The summed E-state index contributed by atoms with van der Waals surface area (Å²) in [5.74, 6) is 0.810. The smallest absolute Gasteiger partial charge is 0.122 e. The summed E-state index contributed by atoms with van der Waals surface area (Å²) in [5.41, 5.74) is 1.05. The number of hydrogen-bond acceptors (Lipinski definition) is 2. The molecule has 1 aromatic carbocycles. The average molecular weight is 220 g/mol. The first-order chi connectivity index (χ1) is 7.34. The highest BCUT2D eigenvalue weighted by Crippen LogP contribution is 2.14. The van der Waals surface area contributed by atoms with E-state index in [9.17, 15) is 0 Å². The van der Waals surface area contributed by atoms with Crippen LogP contribution in [0, 0.1) is 0 Å². The van der Waals surface area contributed by atoms with Crippen molar-refractivity contribution >= 4 is 11.6 Å². The van der Waals surface area contributed by atoms with Crippen molar-refractivity contribution in [2.45, 2.75) is 6.61 Å². The summed E-state index contributed by atoms with van der Waals surface area (Å²) in [6, 6.07) is 11.3. The van der Waals surface area contributed by atoms with Crippen LogP contribution in [0.2, 0.25) is 5.02 Å². The minimum absolute atomic E-state index is 0.518. The number of nitrogens with zero attached hydrogens (tertiary/aromatic N) is 1. The van der Waals surface area contributed by atoms with Gasteiger partial charge < -0.3 is 4.74 Å². The molecule has 0 unspecified atom stereocenters. The van der Waals surface area contributed by atoms with E-state index in [0.717, 1.165) is 16.3 Å². The highest BCUT2D eigenvalue weighted by molar-refractivity contribution is 6.30.